The van der Waals surface area contributed by atoms with E-state index >= 15 is 0 Å². The number of esters is 1. The number of anilines is 2. The molecule has 0 saturated heterocycles. The molecule has 0 unspecified atom stereocenters. The van der Waals surface area contributed by atoms with Crippen LogP contribution in [0.3, 0.4) is 0 Å². The van der Waals surface area contributed by atoms with Crippen LogP contribution in [0.15, 0.2) is 24.3 Å². The van der Waals surface area contributed by atoms with Gasteiger partial charge in [-0.1, -0.05) is 12.1 Å². The Kier molecular flexibility index (Phi) is 8.58. The maximum atomic E-state index is 11.0. The van der Waals surface area contributed by atoms with Crippen molar-refractivity contribution in [2.24, 2.45) is 5.92 Å². The Labute approximate surface area is 197 Å². The fourth-order valence-electron chi connectivity index (χ4n) is 3.91. The van der Waals surface area contributed by atoms with E-state index in [0.29, 0.717) is 18.4 Å². The van der Waals surface area contributed by atoms with Gasteiger partial charge in [-0.15, -0.1) is 24.2 Å². The molecule has 9 heteroatoms. The standard InChI is InChI=1S/C22H27N5O3S.C2H2/c1-13-19(21-26-17-5-3-4-6-18(17)31-21)20(25-16-8-7-15(11-16)12-28)27-22(24-13)23-9-10-30-14(2)29;1-2/h3-6,15-16,28H,7-12H2,1-2H3,(H2,23,24,25,27);1-2H/t15-,16+;/m1./s1. The van der Waals surface area contributed by atoms with Crippen molar-refractivity contribution in [1.82, 2.24) is 15.0 Å². The number of aliphatic hydroxyl groups excluding tert-OH is 1. The number of hydrogen-bond donors (Lipinski definition) is 3. The molecule has 4 rings (SSSR count). The molecule has 0 bridgehead atoms. The maximum absolute atomic E-state index is 11.0. The minimum Gasteiger partial charge on any atom is -0.464 e. The summed E-state index contributed by atoms with van der Waals surface area (Å²) in [5.74, 6) is 1.23. The average Bonchev–Trinajstić information content (AvgIpc) is 3.44. The molecule has 0 aliphatic heterocycles. The molecule has 1 aliphatic carbocycles. The Hall–Kier alpha value is -3.22. The summed E-state index contributed by atoms with van der Waals surface area (Å²) in [5, 5.41) is 17.1. The molecule has 1 aliphatic rings. The second kappa shape index (κ2) is 11.6. The van der Waals surface area contributed by atoms with Crippen LogP contribution in [-0.2, 0) is 9.53 Å². The molecule has 2 heterocycles. The van der Waals surface area contributed by atoms with Crippen LogP contribution >= 0.6 is 11.3 Å². The smallest absolute Gasteiger partial charge is 0.302 e. The van der Waals surface area contributed by atoms with Crippen LogP contribution in [0.2, 0.25) is 0 Å². The summed E-state index contributed by atoms with van der Waals surface area (Å²) < 4.78 is 6.10. The van der Waals surface area contributed by atoms with Crippen molar-refractivity contribution in [2.75, 3.05) is 30.4 Å². The van der Waals surface area contributed by atoms with E-state index in [1.54, 1.807) is 11.3 Å². The normalized spacial score (nSPS) is 17.2. The molecule has 8 nitrogen and oxygen atoms in total. The fourth-order valence-corrected chi connectivity index (χ4v) is 4.98. The van der Waals surface area contributed by atoms with Crippen LogP contribution in [0.4, 0.5) is 11.8 Å². The number of nitrogens with one attached hydrogen (secondary N) is 2. The Morgan fingerprint density at radius 1 is 1.24 bits per heavy atom. The molecular formula is C24H29N5O3S. The van der Waals surface area contributed by atoms with Crippen LogP contribution in [-0.4, -0.2) is 51.8 Å². The molecule has 2 atom stereocenters. The van der Waals surface area contributed by atoms with Gasteiger partial charge >= 0.3 is 5.97 Å². The third-order valence-electron chi connectivity index (χ3n) is 5.43. The van der Waals surface area contributed by atoms with Gasteiger partial charge in [0.05, 0.1) is 28.0 Å². The van der Waals surface area contributed by atoms with Gasteiger partial charge in [-0.25, -0.2) is 9.97 Å². The zero-order chi connectivity index (χ0) is 23.8. The Bertz CT molecular complexity index is 1080. The third-order valence-corrected chi connectivity index (χ3v) is 6.48. The topological polar surface area (TPSA) is 109 Å². The van der Waals surface area contributed by atoms with E-state index in [1.807, 2.05) is 25.1 Å². The Morgan fingerprint density at radius 2 is 2.03 bits per heavy atom. The average molecular weight is 468 g/mol. The summed E-state index contributed by atoms with van der Waals surface area (Å²) in [4.78, 5) is 25.2. The van der Waals surface area contributed by atoms with E-state index in [0.717, 1.165) is 51.6 Å². The van der Waals surface area contributed by atoms with Gasteiger partial charge in [-0.3, -0.25) is 4.79 Å². The fraction of sp³-hybridized carbons (Fsp3) is 0.417. The molecule has 33 heavy (non-hydrogen) atoms. The van der Waals surface area contributed by atoms with Crippen molar-refractivity contribution in [2.45, 2.75) is 39.2 Å². The van der Waals surface area contributed by atoms with Gasteiger partial charge in [0.25, 0.3) is 0 Å². The van der Waals surface area contributed by atoms with Crippen molar-refractivity contribution in [3.63, 3.8) is 0 Å². The van der Waals surface area contributed by atoms with E-state index in [1.165, 1.54) is 6.92 Å². The van der Waals surface area contributed by atoms with E-state index in [9.17, 15) is 9.90 Å². The molecule has 1 saturated carbocycles. The number of aromatic nitrogens is 3. The lowest BCUT2D eigenvalue weighted by molar-refractivity contribution is -0.140. The summed E-state index contributed by atoms with van der Waals surface area (Å²) in [5.41, 5.74) is 2.68. The molecule has 0 amide bonds. The highest BCUT2D eigenvalue weighted by Gasteiger charge is 2.26. The van der Waals surface area contributed by atoms with Gasteiger partial charge in [-0.2, -0.15) is 4.98 Å². The monoisotopic (exact) mass is 467 g/mol. The number of nitrogens with zero attached hydrogens (tertiary/aromatic N) is 3. The SMILES string of the molecule is C#C.CC(=O)OCCNc1nc(C)c(-c2nc3ccccc3s2)c(N[C@H]2CC[C@@H](CO)C2)n1. The lowest BCUT2D eigenvalue weighted by atomic mass is 10.1. The number of benzene rings is 1. The number of hydrogen-bond acceptors (Lipinski definition) is 9. The van der Waals surface area contributed by atoms with Gasteiger partial charge in [0, 0.05) is 19.6 Å². The molecule has 0 spiro atoms. The van der Waals surface area contributed by atoms with Crippen LogP contribution in [0.25, 0.3) is 20.8 Å². The van der Waals surface area contributed by atoms with Crippen LogP contribution < -0.4 is 10.6 Å². The summed E-state index contributed by atoms with van der Waals surface area (Å²) >= 11 is 1.62. The molecule has 2 aromatic heterocycles. The van der Waals surface area contributed by atoms with Crippen molar-refractivity contribution >= 4 is 39.3 Å². The molecule has 1 fully saturated rings. The first kappa shape index (κ1) is 24.4. The number of carbonyl (C=O) groups is 1. The van der Waals surface area contributed by atoms with Gasteiger partial charge in [0.1, 0.15) is 17.4 Å². The molecule has 174 valence electrons. The first-order chi connectivity index (χ1) is 16.0. The molecular weight excluding hydrogens is 438 g/mol. The lowest BCUT2D eigenvalue weighted by Gasteiger charge is -2.18. The van der Waals surface area contributed by atoms with E-state index in [4.69, 9.17) is 14.7 Å². The van der Waals surface area contributed by atoms with E-state index in [-0.39, 0.29) is 25.2 Å². The van der Waals surface area contributed by atoms with Gasteiger partial charge in [0.15, 0.2) is 0 Å². The number of rotatable bonds is 8. The number of fused-ring (bicyclic) bond motifs is 1. The number of terminal acetylenes is 1. The number of aliphatic hydroxyl groups is 1. The third kappa shape index (κ3) is 6.18. The van der Waals surface area contributed by atoms with Gasteiger partial charge < -0.3 is 20.5 Å². The second-order valence-electron chi connectivity index (χ2n) is 7.81. The number of carbonyl (C=O) groups excluding carboxylic acids is 1. The predicted octanol–water partition coefficient (Wildman–Crippen LogP) is 3.86. The highest BCUT2D eigenvalue weighted by atomic mass is 32.1. The van der Waals surface area contributed by atoms with Gasteiger partial charge in [0.2, 0.25) is 5.95 Å². The van der Waals surface area contributed by atoms with Crippen LogP contribution in [0.1, 0.15) is 31.9 Å². The minimum atomic E-state index is -0.313. The maximum Gasteiger partial charge on any atom is 0.302 e. The zero-order valence-electron chi connectivity index (χ0n) is 18.9. The van der Waals surface area contributed by atoms with Crippen LogP contribution in [0, 0.1) is 25.7 Å². The van der Waals surface area contributed by atoms with Crippen molar-refractivity contribution < 1.29 is 14.6 Å². The van der Waals surface area contributed by atoms with Gasteiger partial charge in [-0.05, 0) is 44.2 Å². The molecule has 0 radical (unpaired) electrons. The molecule has 1 aromatic carbocycles. The second-order valence-corrected chi connectivity index (χ2v) is 8.84. The molecule has 3 aromatic rings. The highest BCUT2D eigenvalue weighted by Crippen LogP contribution is 2.37. The van der Waals surface area contributed by atoms with Crippen LogP contribution in [0.5, 0.6) is 0 Å². The lowest BCUT2D eigenvalue weighted by Crippen LogP contribution is -2.20. The van der Waals surface area contributed by atoms with E-state index < -0.39 is 0 Å². The summed E-state index contributed by atoms with van der Waals surface area (Å²) in [6.07, 6.45) is 10.9. The van der Waals surface area contributed by atoms with Crippen molar-refractivity contribution in [1.29, 1.82) is 0 Å². The summed E-state index contributed by atoms with van der Waals surface area (Å²) in [7, 11) is 0. The Balaban J connectivity index is 0.00000149. The quantitative estimate of drug-likeness (QED) is 0.260. The number of ether oxygens (including phenoxy) is 1. The first-order valence-electron chi connectivity index (χ1n) is 10.9. The minimum absolute atomic E-state index is 0.217. The first-order valence-corrected chi connectivity index (χ1v) is 11.7. The predicted molar refractivity (Wildman–Crippen MR) is 132 cm³/mol. The highest BCUT2D eigenvalue weighted by molar-refractivity contribution is 7.21. The summed E-state index contributed by atoms with van der Waals surface area (Å²) in [6, 6.07) is 8.31. The zero-order valence-corrected chi connectivity index (χ0v) is 19.7. The van der Waals surface area contributed by atoms with Crippen molar-refractivity contribution in [3.8, 4) is 23.4 Å². The van der Waals surface area contributed by atoms with Crippen molar-refractivity contribution in [3.05, 3.63) is 30.0 Å². The number of aryl methyl sites for hydroxylation is 1. The number of thiazole rings is 1. The summed E-state index contributed by atoms with van der Waals surface area (Å²) in [6.45, 7) is 4.23. The largest absolute Gasteiger partial charge is 0.464 e. The number of para-hydroxylation sites is 1. The Morgan fingerprint density at radius 3 is 2.73 bits per heavy atom. The molecule has 3 N–H and O–H groups in total. The van der Waals surface area contributed by atoms with E-state index in [2.05, 4.69) is 34.5 Å².